The van der Waals surface area contributed by atoms with Gasteiger partial charge in [0.05, 0.1) is 23.0 Å². The Morgan fingerprint density at radius 1 is 1.22 bits per heavy atom. The van der Waals surface area contributed by atoms with E-state index < -0.39 is 5.91 Å². The SMILES string of the molecule is O=C(NCC(=O)N1CCCC(c2nc(-c3cccc(F)c3)no2)C1)c1ccc(Cl)cc1Cl. The number of hydrogen-bond acceptors (Lipinski definition) is 5. The number of piperidine rings is 1. The van der Waals surface area contributed by atoms with Crippen LogP contribution in [-0.4, -0.2) is 46.5 Å². The summed E-state index contributed by atoms with van der Waals surface area (Å²) in [5.41, 5.74) is 0.767. The van der Waals surface area contributed by atoms with Gasteiger partial charge in [0.1, 0.15) is 5.82 Å². The number of hydrogen-bond donors (Lipinski definition) is 1. The minimum atomic E-state index is -0.454. The molecule has 4 rings (SSSR count). The fourth-order valence-electron chi connectivity index (χ4n) is 3.59. The Labute approximate surface area is 193 Å². The standard InChI is InChI=1S/C22H19Cl2FN4O3/c23-15-6-7-17(18(24)10-15)21(31)26-11-19(30)29-8-2-4-14(12-29)22-27-20(28-32-22)13-3-1-5-16(25)9-13/h1,3,5-7,9-10,14H,2,4,8,11-12H2,(H,26,31). The largest absolute Gasteiger partial charge is 0.343 e. The summed E-state index contributed by atoms with van der Waals surface area (Å²) in [5.74, 6) is -0.494. The average Bonchev–Trinajstić information content (AvgIpc) is 3.28. The molecule has 1 N–H and O–H groups in total. The smallest absolute Gasteiger partial charge is 0.253 e. The Hall–Kier alpha value is -2.97. The summed E-state index contributed by atoms with van der Waals surface area (Å²) in [6.07, 6.45) is 1.53. The summed E-state index contributed by atoms with van der Waals surface area (Å²) in [6, 6.07) is 10.5. The van der Waals surface area contributed by atoms with Crippen LogP contribution in [0.3, 0.4) is 0 Å². The van der Waals surface area contributed by atoms with E-state index in [9.17, 15) is 14.0 Å². The second-order valence-corrected chi connectivity index (χ2v) is 8.30. The normalized spacial score (nSPS) is 16.1. The maximum Gasteiger partial charge on any atom is 0.253 e. The molecule has 32 heavy (non-hydrogen) atoms. The highest BCUT2D eigenvalue weighted by atomic mass is 35.5. The van der Waals surface area contributed by atoms with Gasteiger partial charge in [-0.25, -0.2) is 4.39 Å². The third-order valence-electron chi connectivity index (χ3n) is 5.22. The first-order valence-corrected chi connectivity index (χ1v) is 10.8. The van der Waals surface area contributed by atoms with Gasteiger partial charge in [-0.05, 0) is 43.2 Å². The third kappa shape index (κ3) is 5.08. The van der Waals surface area contributed by atoms with Crippen molar-refractivity contribution in [2.24, 2.45) is 0 Å². The lowest BCUT2D eigenvalue weighted by Crippen LogP contribution is -2.44. The molecule has 1 aliphatic rings. The Balaban J connectivity index is 1.36. The van der Waals surface area contributed by atoms with Crippen LogP contribution in [0, 0.1) is 5.82 Å². The minimum absolute atomic E-state index is 0.135. The van der Waals surface area contributed by atoms with Gasteiger partial charge in [-0.15, -0.1) is 0 Å². The van der Waals surface area contributed by atoms with Crippen molar-refractivity contribution < 1.29 is 18.5 Å². The van der Waals surface area contributed by atoms with Gasteiger partial charge in [0, 0.05) is 23.7 Å². The van der Waals surface area contributed by atoms with Crippen molar-refractivity contribution in [2.75, 3.05) is 19.6 Å². The first kappa shape index (κ1) is 22.2. The van der Waals surface area contributed by atoms with Crippen molar-refractivity contribution in [3.8, 4) is 11.4 Å². The summed E-state index contributed by atoms with van der Waals surface area (Å²) in [4.78, 5) is 31.1. The molecular weight excluding hydrogens is 458 g/mol. The molecule has 1 aliphatic heterocycles. The van der Waals surface area contributed by atoms with Crippen LogP contribution in [0.2, 0.25) is 10.0 Å². The van der Waals surface area contributed by atoms with E-state index >= 15 is 0 Å². The lowest BCUT2D eigenvalue weighted by molar-refractivity contribution is -0.131. The zero-order chi connectivity index (χ0) is 22.7. The molecule has 0 radical (unpaired) electrons. The van der Waals surface area contributed by atoms with Crippen molar-refractivity contribution in [3.63, 3.8) is 0 Å². The molecule has 2 aromatic carbocycles. The van der Waals surface area contributed by atoms with Gasteiger partial charge in [-0.1, -0.05) is 40.5 Å². The van der Waals surface area contributed by atoms with Gasteiger partial charge in [-0.2, -0.15) is 4.98 Å². The minimum Gasteiger partial charge on any atom is -0.343 e. The fraction of sp³-hybridized carbons (Fsp3) is 0.273. The number of nitrogens with one attached hydrogen (secondary N) is 1. The molecule has 166 valence electrons. The summed E-state index contributed by atoms with van der Waals surface area (Å²) in [6.45, 7) is 0.794. The van der Waals surface area contributed by atoms with E-state index in [0.717, 1.165) is 12.8 Å². The van der Waals surface area contributed by atoms with Crippen LogP contribution < -0.4 is 5.32 Å². The van der Waals surface area contributed by atoms with E-state index in [1.54, 1.807) is 23.1 Å². The number of aromatic nitrogens is 2. The molecule has 0 bridgehead atoms. The predicted octanol–water partition coefficient (Wildman–Crippen LogP) is 4.32. The summed E-state index contributed by atoms with van der Waals surface area (Å²) in [7, 11) is 0. The van der Waals surface area contributed by atoms with Crippen LogP contribution in [-0.2, 0) is 4.79 Å². The average molecular weight is 477 g/mol. The van der Waals surface area contributed by atoms with Gasteiger partial charge < -0.3 is 14.7 Å². The maximum absolute atomic E-state index is 13.5. The molecule has 1 fully saturated rings. The highest BCUT2D eigenvalue weighted by Crippen LogP contribution is 2.28. The predicted molar refractivity (Wildman–Crippen MR) is 117 cm³/mol. The molecule has 2 amide bonds. The van der Waals surface area contributed by atoms with E-state index in [4.69, 9.17) is 27.7 Å². The first-order valence-electron chi connectivity index (χ1n) is 10.0. The van der Waals surface area contributed by atoms with E-state index in [2.05, 4.69) is 15.5 Å². The molecule has 0 aliphatic carbocycles. The number of benzene rings is 2. The summed E-state index contributed by atoms with van der Waals surface area (Å²) < 4.78 is 18.8. The second kappa shape index (κ2) is 9.67. The van der Waals surface area contributed by atoms with E-state index in [0.29, 0.717) is 35.4 Å². The van der Waals surface area contributed by atoms with Gasteiger partial charge >= 0.3 is 0 Å². The topological polar surface area (TPSA) is 88.3 Å². The van der Waals surface area contributed by atoms with Gasteiger partial charge in [0.25, 0.3) is 5.91 Å². The molecule has 0 saturated carbocycles. The Morgan fingerprint density at radius 3 is 2.84 bits per heavy atom. The Bertz CT molecular complexity index is 1150. The zero-order valence-electron chi connectivity index (χ0n) is 16.9. The molecule has 2 heterocycles. The van der Waals surface area contributed by atoms with Gasteiger partial charge in [-0.3, -0.25) is 9.59 Å². The molecule has 0 spiro atoms. The second-order valence-electron chi connectivity index (χ2n) is 7.45. The van der Waals surface area contributed by atoms with Crippen molar-refractivity contribution in [1.82, 2.24) is 20.4 Å². The van der Waals surface area contributed by atoms with Crippen molar-refractivity contribution in [1.29, 1.82) is 0 Å². The van der Waals surface area contributed by atoms with E-state index in [1.807, 2.05) is 0 Å². The quantitative estimate of drug-likeness (QED) is 0.592. The van der Waals surface area contributed by atoms with Crippen LogP contribution in [0.5, 0.6) is 0 Å². The van der Waals surface area contributed by atoms with Gasteiger partial charge in [0.15, 0.2) is 0 Å². The molecule has 7 nitrogen and oxygen atoms in total. The number of rotatable bonds is 5. The lowest BCUT2D eigenvalue weighted by Gasteiger charge is -2.31. The highest BCUT2D eigenvalue weighted by Gasteiger charge is 2.29. The zero-order valence-corrected chi connectivity index (χ0v) is 18.4. The van der Waals surface area contributed by atoms with Crippen LogP contribution in [0.15, 0.2) is 47.0 Å². The van der Waals surface area contributed by atoms with Crippen molar-refractivity contribution in [3.05, 3.63) is 69.8 Å². The van der Waals surface area contributed by atoms with Crippen LogP contribution in [0.25, 0.3) is 11.4 Å². The number of halogens is 3. The molecule has 10 heteroatoms. The summed E-state index contributed by atoms with van der Waals surface area (Å²) in [5, 5.41) is 7.18. The van der Waals surface area contributed by atoms with Crippen molar-refractivity contribution >= 4 is 35.0 Å². The van der Waals surface area contributed by atoms with E-state index in [1.165, 1.54) is 24.3 Å². The van der Waals surface area contributed by atoms with Crippen LogP contribution >= 0.6 is 23.2 Å². The van der Waals surface area contributed by atoms with Crippen LogP contribution in [0.1, 0.15) is 35.0 Å². The number of nitrogens with zero attached hydrogens (tertiary/aromatic N) is 3. The molecule has 1 aromatic heterocycles. The third-order valence-corrected chi connectivity index (χ3v) is 5.77. The lowest BCUT2D eigenvalue weighted by atomic mass is 9.98. The molecule has 1 saturated heterocycles. The number of carbonyl (C=O) groups is 2. The Morgan fingerprint density at radius 2 is 2.06 bits per heavy atom. The fourth-order valence-corrected chi connectivity index (χ4v) is 4.08. The van der Waals surface area contributed by atoms with E-state index in [-0.39, 0.29) is 34.8 Å². The molecular formula is C22H19Cl2FN4O3. The Kier molecular flexibility index (Phi) is 6.72. The van der Waals surface area contributed by atoms with Gasteiger partial charge in [0.2, 0.25) is 17.6 Å². The molecule has 1 atom stereocenters. The van der Waals surface area contributed by atoms with Crippen molar-refractivity contribution in [2.45, 2.75) is 18.8 Å². The monoisotopic (exact) mass is 476 g/mol. The number of likely N-dealkylation sites (tertiary alicyclic amines) is 1. The molecule has 3 aromatic rings. The summed E-state index contributed by atoms with van der Waals surface area (Å²) >= 11 is 11.9. The number of carbonyl (C=O) groups excluding carboxylic acids is 2. The van der Waals surface area contributed by atoms with Crippen LogP contribution in [0.4, 0.5) is 4.39 Å². The maximum atomic E-state index is 13.5. The number of amides is 2. The first-order chi connectivity index (χ1) is 15.4. The highest BCUT2D eigenvalue weighted by molar-refractivity contribution is 6.36. The molecule has 1 unspecified atom stereocenters.